The van der Waals surface area contributed by atoms with E-state index in [1.807, 2.05) is 24.3 Å². The van der Waals surface area contributed by atoms with Crippen molar-refractivity contribution in [2.24, 2.45) is 0 Å². The van der Waals surface area contributed by atoms with Crippen molar-refractivity contribution in [2.45, 2.75) is 19.8 Å². The first-order valence-electron chi connectivity index (χ1n) is 6.87. The molecular weight excluding hydrogens is 282 g/mol. The van der Waals surface area contributed by atoms with Crippen LogP contribution in [0.4, 0.5) is 5.82 Å². The average molecular weight is 298 g/mol. The Morgan fingerprint density at radius 2 is 1.71 bits per heavy atom. The van der Waals surface area contributed by atoms with Crippen LogP contribution in [0, 0.1) is 0 Å². The van der Waals surface area contributed by atoms with Crippen LogP contribution in [-0.4, -0.2) is 9.97 Å². The van der Waals surface area contributed by atoms with Crippen LogP contribution in [0.25, 0.3) is 22.3 Å². The number of halogens is 1. The van der Waals surface area contributed by atoms with Crippen molar-refractivity contribution >= 4 is 28.3 Å². The molecule has 0 bridgehead atoms. The minimum Gasteiger partial charge on any atom is -0.383 e. The van der Waals surface area contributed by atoms with Gasteiger partial charge in [-0.25, -0.2) is 9.97 Å². The summed E-state index contributed by atoms with van der Waals surface area (Å²) in [4.78, 5) is 8.97. The summed E-state index contributed by atoms with van der Waals surface area (Å²) >= 11 is 5.98. The number of nitrogens with zero attached hydrogens (tertiary/aromatic N) is 2. The average Bonchev–Trinajstić information content (AvgIpc) is 2.48. The van der Waals surface area contributed by atoms with Crippen LogP contribution < -0.4 is 5.73 Å². The van der Waals surface area contributed by atoms with Gasteiger partial charge in [-0.05, 0) is 29.7 Å². The molecule has 0 aliphatic rings. The van der Waals surface area contributed by atoms with E-state index in [1.165, 1.54) is 5.56 Å². The third-order valence-corrected chi connectivity index (χ3v) is 3.76. The number of fused-ring (bicyclic) bond motifs is 1. The Balaban J connectivity index is 2.10. The fourth-order valence-corrected chi connectivity index (χ4v) is 2.44. The molecule has 2 N–H and O–H groups in total. The molecule has 2 aromatic carbocycles. The summed E-state index contributed by atoms with van der Waals surface area (Å²) in [6.07, 6.45) is 0. The van der Waals surface area contributed by atoms with Crippen molar-refractivity contribution in [1.82, 2.24) is 9.97 Å². The molecule has 0 saturated carbocycles. The Kier molecular flexibility index (Phi) is 3.52. The van der Waals surface area contributed by atoms with E-state index in [9.17, 15) is 0 Å². The van der Waals surface area contributed by atoms with E-state index in [4.69, 9.17) is 17.3 Å². The molecule has 3 aromatic rings. The lowest BCUT2D eigenvalue weighted by Crippen LogP contribution is -1.98. The maximum Gasteiger partial charge on any atom is 0.162 e. The van der Waals surface area contributed by atoms with Gasteiger partial charge in [-0.1, -0.05) is 49.7 Å². The number of nitrogen functional groups attached to an aromatic ring is 1. The van der Waals surface area contributed by atoms with Gasteiger partial charge in [-0.3, -0.25) is 0 Å². The number of hydrogen-bond acceptors (Lipinski definition) is 3. The second-order valence-electron chi connectivity index (χ2n) is 5.37. The topological polar surface area (TPSA) is 51.8 Å². The quantitative estimate of drug-likeness (QED) is 0.748. The van der Waals surface area contributed by atoms with E-state index in [-0.39, 0.29) is 0 Å². The van der Waals surface area contributed by atoms with Gasteiger partial charge in [-0.15, -0.1) is 0 Å². The van der Waals surface area contributed by atoms with E-state index in [0.717, 1.165) is 16.5 Å². The lowest BCUT2D eigenvalue weighted by atomic mass is 10.0. The summed E-state index contributed by atoms with van der Waals surface area (Å²) in [6, 6.07) is 13.7. The molecule has 3 nitrogen and oxygen atoms in total. The summed E-state index contributed by atoms with van der Waals surface area (Å²) in [5, 5.41) is 1.41. The normalized spacial score (nSPS) is 11.2. The number of nitrogens with two attached hydrogens (primary N) is 1. The third-order valence-electron chi connectivity index (χ3n) is 3.52. The van der Waals surface area contributed by atoms with Crippen molar-refractivity contribution in [3.63, 3.8) is 0 Å². The zero-order valence-corrected chi connectivity index (χ0v) is 12.7. The van der Waals surface area contributed by atoms with Crippen LogP contribution >= 0.6 is 11.6 Å². The first-order valence-corrected chi connectivity index (χ1v) is 7.25. The van der Waals surface area contributed by atoms with Gasteiger partial charge in [0.25, 0.3) is 0 Å². The molecule has 0 unspecified atom stereocenters. The van der Waals surface area contributed by atoms with Crippen LogP contribution in [0.5, 0.6) is 0 Å². The molecule has 21 heavy (non-hydrogen) atoms. The first-order chi connectivity index (χ1) is 10.0. The number of rotatable bonds is 2. The molecule has 0 radical (unpaired) electrons. The van der Waals surface area contributed by atoms with E-state index >= 15 is 0 Å². The van der Waals surface area contributed by atoms with Crippen molar-refractivity contribution in [1.29, 1.82) is 0 Å². The van der Waals surface area contributed by atoms with Crippen molar-refractivity contribution in [3.8, 4) is 11.4 Å². The van der Waals surface area contributed by atoms with Gasteiger partial charge in [0.1, 0.15) is 5.82 Å². The predicted molar refractivity (Wildman–Crippen MR) is 88.5 cm³/mol. The highest BCUT2D eigenvalue weighted by Gasteiger charge is 2.08. The van der Waals surface area contributed by atoms with Gasteiger partial charge in [0, 0.05) is 16.0 Å². The summed E-state index contributed by atoms with van der Waals surface area (Å²) in [5.74, 6) is 1.59. The minimum atomic E-state index is 0.449. The second kappa shape index (κ2) is 5.34. The Bertz CT molecular complexity index is 795. The van der Waals surface area contributed by atoms with E-state index in [1.54, 1.807) is 6.07 Å². The summed E-state index contributed by atoms with van der Waals surface area (Å²) in [6.45, 7) is 4.34. The monoisotopic (exact) mass is 297 g/mol. The number of hydrogen-bond donors (Lipinski definition) is 1. The van der Waals surface area contributed by atoms with Gasteiger partial charge in [0.15, 0.2) is 5.82 Å². The van der Waals surface area contributed by atoms with Crippen molar-refractivity contribution in [3.05, 3.63) is 53.1 Å². The predicted octanol–water partition coefficient (Wildman–Crippen LogP) is 4.66. The maximum absolute atomic E-state index is 6.03. The maximum atomic E-state index is 6.03. The van der Waals surface area contributed by atoms with Gasteiger partial charge in [0.05, 0.1) is 5.52 Å². The number of benzene rings is 2. The molecule has 0 amide bonds. The molecule has 1 heterocycles. The number of aromatic nitrogens is 2. The van der Waals surface area contributed by atoms with Crippen molar-refractivity contribution < 1.29 is 0 Å². The molecule has 106 valence electrons. The lowest BCUT2D eigenvalue weighted by molar-refractivity contribution is 0.867. The molecule has 0 atom stereocenters. The smallest absolute Gasteiger partial charge is 0.162 e. The second-order valence-corrected chi connectivity index (χ2v) is 5.81. The highest BCUT2D eigenvalue weighted by Crippen LogP contribution is 2.26. The largest absolute Gasteiger partial charge is 0.383 e. The number of anilines is 1. The lowest BCUT2D eigenvalue weighted by Gasteiger charge is -2.08. The molecule has 3 rings (SSSR count). The SMILES string of the molecule is CC(C)c1ccc(-c2nc(N)c3cc(Cl)ccc3n2)cc1. The van der Waals surface area contributed by atoms with E-state index < -0.39 is 0 Å². The standard InChI is InChI=1S/C17H16ClN3/c1-10(2)11-3-5-12(6-4-11)17-20-15-8-7-13(18)9-14(15)16(19)21-17/h3-10H,1-2H3,(H2,19,20,21). The molecular formula is C17H16ClN3. The molecule has 1 aromatic heterocycles. The fraction of sp³-hybridized carbons (Fsp3) is 0.176. The summed E-state index contributed by atoms with van der Waals surface area (Å²) in [7, 11) is 0. The Hall–Kier alpha value is -2.13. The van der Waals surface area contributed by atoms with Gasteiger partial charge in [-0.2, -0.15) is 0 Å². The Morgan fingerprint density at radius 1 is 1.00 bits per heavy atom. The molecule has 0 spiro atoms. The minimum absolute atomic E-state index is 0.449. The molecule has 4 heteroatoms. The highest BCUT2D eigenvalue weighted by atomic mass is 35.5. The van der Waals surface area contributed by atoms with E-state index in [0.29, 0.717) is 22.6 Å². The zero-order valence-electron chi connectivity index (χ0n) is 12.0. The first kappa shape index (κ1) is 13.8. The molecule has 0 aliphatic carbocycles. The van der Waals surface area contributed by atoms with E-state index in [2.05, 4.69) is 35.9 Å². The van der Waals surface area contributed by atoms with Gasteiger partial charge < -0.3 is 5.73 Å². The highest BCUT2D eigenvalue weighted by molar-refractivity contribution is 6.31. The van der Waals surface area contributed by atoms with Gasteiger partial charge >= 0.3 is 0 Å². The van der Waals surface area contributed by atoms with Crippen LogP contribution in [0.1, 0.15) is 25.3 Å². The molecule has 0 aliphatic heterocycles. The Labute approximate surface area is 128 Å². The van der Waals surface area contributed by atoms with Crippen LogP contribution in [0.2, 0.25) is 5.02 Å². The van der Waals surface area contributed by atoms with Crippen LogP contribution in [0.3, 0.4) is 0 Å². The summed E-state index contributed by atoms with van der Waals surface area (Å²) in [5.41, 5.74) is 9.08. The van der Waals surface area contributed by atoms with Gasteiger partial charge in [0.2, 0.25) is 0 Å². The third kappa shape index (κ3) is 2.69. The van der Waals surface area contributed by atoms with Crippen LogP contribution in [0.15, 0.2) is 42.5 Å². The molecule has 0 fully saturated rings. The van der Waals surface area contributed by atoms with Crippen LogP contribution in [-0.2, 0) is 0 Å². The summed E-state index contributed by atoms with van der Waals surface area (Å²) < 4.78 is 0. The zero-order chi connectivity index (χ0) is 15.0. The van der Waals surface area contributed by atoms with Crippen molar-refractivity contribution in [2.75, 3.05) is 5.73 Å². The fourth-order valence-electron chi connectivity index (χ4n) is 2.27. The molecule has 0 saturated heterocycles. The Morgan fingerprint density at radius 3 is 2.38 bits per heavy atom.